The SMILES string of the molecule is CC(C)(C)COCC#CC#CCNC(C)(C)C.CC(C)(C)NCC#CC#CCOC(C)(C)C.CC(C)(C)NCCCOc1ccc(C(C)(C)C)nc1.CC(C)C.CC(NC(C)(C)C)c1ccc(C#CC#CCOCC(C)(C)C)cc1.CC(NC(C)(C)C)c1ccc(C#CCOCCCCOC(C)(C)C)cc1.CCCCCOc1ccc(C(C)(C)C)nc1. The highest BCUT2D eigenvalue weighted by molar-refractivity contribution is 5.42. The molecule has 0 aliphatic carbocycles. The Morgan fingerprint density at radius 2 is 0.689 bits per heavy atom. The molecule has 0 spiro atoms. The number of aromatic nitrogens is 2. The number of hydrogen-bond donors (Lipinski definition) is 5. The van der Waals surface area contributed by atoms with Crippen LogP contribution in [-0.2, 0) is 34.5 Å². The van der Waals surface area contributed by atoms with Crippen molar-refractivity contribution in [3.05, 3.63) is 119 Å². The van der Waals surface area contributed by atoms with Crippen molar-refractivity contribution in [2.45, 2.75) is 370 Å². The Balaban J connectivity index is -0.00000139. The fraction of sp³-hybridized carbons (Fsp3) is 0.667. The van der Waals surface area contributed by atoms with Crippen LogP contribution in [0.5, 0.6) is 11.5 Å². The summed E-state index contributed by atoms with van der Waals surface area (Å²) in [5.41, 5.74) is 7.73. The molecular weight excluding hydrogens is 1510 g/mol. The van der Waals surface area contributed by atoms with Crippen LogP contribution in [0.3, 0.4) is 0 Å². The molecule has 2 atom stereocenters. The fourth-order valence-electron chi connectivity index (χ4n) is 9.42. The number of pyridine rings is 2. The maximum Gasteiger partial charge on any atom is 0.137 e. The molecule has 2 aromatic carbocycles. The molecule has 0 saturated carbocycles. The van der Waals surface area contributed by atoms with Crippen LogP contribution in [0.15, 0.2) is 85.2 Å². The van der Waals surface area contributed by atoms with E-state index >= 15 is 0 Å². The van der Waals surface area contributed by atoms with Gasteiger partial charge in [-0.1, -0.05) is 195 Å². The van der Waals surface area contributed by atoms with Gasteiger partial charge in [0.1, 0.15) is 37.9 Å². The summed E-state index contributed by atoms with van der Waals surface area (Å²) < 4.78 is 38.9. The zero-order chi connectivity index (χ0) is 94.0. The Kier molecular flexibility index (Phi) is 60.5. The number of benzene rings is 2. The van der Waals surface area contributed by atoms with E-state index in [1.54, 1.807) is 0 Å². The van der Waals surface area contributed by atoms with Gasteiger partial charge in [-0.05, 0) is 303 Å². The summed E-state index contributed by atoms with van der Waals surface area (Å²) >= 11 is 0. The topological polar surface area (TPSA) is 151 Å². The predicted octanol–water partition coefficient (Wildman–Crippen LogP) is 23.4. The van der Waals surface area contributed by atoms with Gasteiger partial charge in [0.25, 0.3) is 0 Å². The van der Waals surface area contributed by atoms with Gasteiger partial charge in [0.05, 0.1) is 63.1 Å². The second-order valence-corrected chi connectivity index (χ2v) is 42.9. The summed E-state index contributed by atoms with van der Waals surface area (Å²) in [5.74, 6) is 43.3. The highest BCUT2D eigenvalue weighted by atomic mass is 16.5. The number of rotatable bonds is 27. The third kappa shape index (κ3) is 85.0. The van der Waals surface area contributed by atoms with E-state index in [1.807, 2.05) is 63.5 Å². The van der Waals surface area contributed by atoms with Gasteiger partial charge in [0, 0.05) is 86.3 Å². The summed E-state index contributed by atoms with van der Waals surface area (Å²) in [4.78, 5) is 8.87. The van der Waals surface area contributed by atoms with Gasteiger partial charge in [-0.15, -0.1) is 0 Å². The predicted molar refractivity (Wildman–Crippen MR) is 525 cm³/mol. The Morgan fingerprint density at radius 3 is 1.04 bits per heavy atom. The van der Waals surface area contributed by atoms with E-state index in [-0.39, 0.29) is 60.6 Å². The molecule has 14 nitrogen and oxygen atoms in total. The standard InChI is InChI=1S/C23H37NO2.C22H31NO.C16H28N2O.C15H25NO.2C14H23NO.C4H10/c1-19(24-22(2,3)4)21-14-12-20(13-15-21)11-10-17-25-16-8-9-18-26-23(5,6)7;1-18(23-22(5,6)7)20-14-12-19(13-15-20)11-9-8-10-16-24-17-21(2,3)4;1-15(2,3)14-9-8-13(12-17-14)19-11-7-10-18-16(4,5)6;1-14(2,3)13-17-12-10-8-7-9-11-16-15(4,5)6;1-5-6-7-10-16-12-8-9-13(15-11-12)14(2,3)4;1-13(2,3)15-11-9-7-8-10-12-16-14(4,5)6;1-4(2)3/h12-15,19,24H,8-9,16-18H2,1-7H3;12-15,18,23H,16-17H2,1-7H3;8-9,12,18H,7,10-11H2,1-6H3;16H,11-13H2,1-6H3;8-9,11H,5-7,10H2,1-4H3;15H,11-12H2,1-6H3;4H,1-3H3. The molecule has 0 saturated heterocycles. The normalized spacial score (nSPS) is 12.1. The quantitative estimate of drug-likeness (QED) is 0.0285. The molecule has 4 aromatic rings. The molecule has 122 heavy (non-hydrogen) atoms. The lowest BCUT2D eigenvalue weighted by atomic mass is 9.92. The zero-order valence-electron chi connectivity index (χ0n) is 85.0. The van der Waals surface area contributed by atoms with Crippen molar-refractivity contribution >= 4 is 0 Å². The van der Waals surface area contributed by atoms with Crippen LogP contribution >= 0.6 is 0 Å². The van der Waals surface area contributed by atoms with Crippen LogP contribution in [0.1, 0.15) is 354 Å². The monoisotopic (exact) mass is 1680 g/mol. The first-order valence-corrected chi connectivity index (χ1v) is 44.6. The lowest BCUT2D eigenvalue weighted by Gasteiger charge is -2.26. The van der Waals surface area contributed by atoms with Crippen molar-refractivity contribution in [2.24, 2.45) is 16.7 Å². The Labute approximate surface area is 751 Å². The van der Waals surface area contributed by atoms with Crippen molar-refractivity contribution in [3.8, 4) is 94.4 Å². The Bertz CT molecular complexity index is 3800. The molecule has 5 N–H and O–H groups in total. The van der Waals surface area contributed by atoms with Crippen LogP contribution in [0, 0.1) is 99.6 Å². The minimum absolute atomic E-state index is 0.0531. The highest BCUT2D eigenvalue weighted by Crippen LogP contribution is 2.25. The van der Waals surface area contributed by atoms with Gasteiger partial charge in [0.15, 0.2) is 0 Å². The minimum atomic E-state index is -0.129. The highest BCUT2D eigenvalue weighted by Gasteiger charge is 2.20. The van der Waals surface area contributed by atoms with Crippen molar-refractivity contribution < 1.29 is 33.2 Å². The van der Waals surface area contributed by atoms with Crippen LogP contribution in [-0.4, -0.2) is 135 Å². The molecule has 0 radical (unpaired) electrons. The molecule has 2 aromatic heterocycles. The van der Waals surface area contributed by atoms with Crippen molar-refractivity contribution in [1.29, 1.82) is 0 Å². The van der Waals surface area contributed by atoms with E-state index in [0.717, 1.165) is 105 Å². The second kappa shape index (κ2) is 62.1. The molecule has 2 unspecified atom stereocenters. The lowest BCUT2D eigenvalue weighted by Crippen LogP contribution is -2.37. The molecule has 0 bridgehead atoms. The first-order chi connectivity index (χ1) is 56.0. The van der Waals surface area contributed by atoms with Gasteiger partial charge < -0.3 is 59.7 Å². The second-order valence-electron chi connectivity index (χ2n) is 42.9. The van der Waals surface area contributed by atoms with Crippen molar-refractivity contribution in [2.75, 3.05) is 85.7 Å². The third-order valence-electron chi connectivity index (χ3n) is 15.3. The smallest absolute Gasteiger partial charge is 0.137 e. The molecule has 4 rings (SSSR count). The van der Waals surface area contributed by atoms with E-state index in [2.05, 4.69) is 411 Å². The number of ether oxygens (including phenoxy) is 7. The van der Waals surface area contributed by atoms with Crippen molar-refractivity contribution in [1.82, 2.24) is 36.6 Å². The third-order valence-corrected chi connectivity index (χ3v) is 15.3. The molecule has 686 valence electrons. The van der Waals surface area contributed by atoms with E-state index in [9.17, 15) is 0 Å². The number of hydrogen-bond acceptors (Lipinski definition) is 14. The van der Waals surface area contributed by atoms with Crippen LogP contribution in [0.25, 0.3) is 0 Å². The summed E-state index contributed by atoms with van der Waals surface area (Å²) in [7, 11) is 0. The molecule has 0 aliphatic rings. The van der Waals surface area contributed by atoms with Crippen molar-refractivity contribution in [3.63, 3.8) is 0 Å². The van der Waals surface area contributed by atoms with E-state index in [0.29, 0.717) is 58.2 Å². The van der Waals surface area contributed by atoms with E-state index in [1.165, 1.54) is 24.0 Å². The van der Waals surface area contributed by atoms with Gasteiger partial charge in [-0.3, -0.25) is 9.97 Å². The van der Waals surface area contributed by atoms with E-state index in [4.69, 9.17) is 33.2 Å². The molecule has 0 fully saturated rings. The summed E-state index contributed by atoms with van der Waals surface area (Å²) in [6.45, 7) is 91.9. The largest absolute Gasteiger partial charge is 0.492 e. The number of nitrogens with zero attached hydrogens (tertiary/aromatic N) is 2. The maximum absolute atomic E-state index is 5.69. The lowest BCUT2D eigenvalue weighted by molar-refractivity contribution is -0.00680. The Morgan fingerprint density at radius 1 is 0.336 bits per heavy atom. The summed E-state index contributed by atoms with van der Waals surface area (Å²) in [6.07, 6.45) is 10.2. The van der Waals surface area contributed by atoms with Gasteiger partial charge in [-0.25, -0.2) is 0 Å². The summed E-state index contributed by atoms with van der Waals surface area (Å²) in [5, 5.41) is 17.1. The number of unbranched alkanes of at least 4 members (excludes halogenated alkanes) is 3. The Hall–Kier alpha value is -7.14. The first-order valence-electron chi connectivity index (χ1n) is 44.6. The van der Waals surface area contributed by atoms with Crippen LogP contribution < -0.4 is 36.1 Å². The molecule has 14 heteroatoms. The maximum atomic E-state index is 5.69. The molecule has 0 amide bonds. The molecular formula is C108H177N7O7. The number of nitrogens with one attached hydrogen (secondary N) is 5. The van der Waals surface area contributed by atoms with Crippen LogP contribution in [0.2, 0.25) is 0 Å². The van der Waals surface area contributed by atoms with Gasteiger partial charge in [-0.2, -0.15) is 0 Å². The fourth-order valence-corrected chi connectivity index (χ4v) is 9.42. The van der Waals surface area contributed by atoms with Gasteiger partial charge >= 0.3 is 0 Å². The van der Waals surface area contributed by atoms with Crippen LogP contribution in [0.4, 0.5) is 0 Å². The van der Waals surface area contributed by atoms with Gasteiger partial charge in [0.2, 0.25) is 0 Å². The minimum Gasteiger partial charge on any atom is -0.492 e. The average Bonchev–Trinajstić information content (AvgIpc) is 0.867. The molecule has 2 heterocycles. The summed E-state index contributed by atoms with van der Waals surface area (Å²) in [6, 6.07) is 25.5. The van der Waals surface area contributed by atoms with E-state index < -0.39 is 0 Å². The first kappa shape index (κ1) is 119. The molecule has 0 aliphatic heterocycles. The average molecular weight is 1690 g/mol. The zero-order valence-corrected chi connectivity index (χ0v) is 85.0.